The number of hydrogen-bond donors (Lipinski definition) is 2. The molecule has 2 amide bonds. The standard InChI is InChI=1S/C20H29N3O/c1-23-17-8-5-9-18(23)13-16(12-17)22-19(24)21-14-20(10-11-20)15-6-3-2-4-7-15/h2-4,6-7,16-18H,5,8-14H2,1H3,(H2,21,22,24). The Hall–Kier alpha value is -1.55. The molecule has 3 fully saturated rings. The largest absolute Gasteiger partial charge is 0.337 e. The quantitative estimate of drug-likeness (QED) is 0.893. The number of nitrogens with one attached hydrogen (secondary N) is 2. The van der Waals surface area contributed by atoms with Gasteiger partial charge in [-0.3, -0.25) is 0 Å². The smallest absolute Gasteiger partial charge is 0.315 e. The average Bonchev–Trinajstić information content (AvgIpc) is 3.36. The lowest BCUT2D eigenvalue weighted by atomic mass is 9.82. The van der Waals surface area contributed by atoms with Crippen molar-refractivity contribution < 1.29 is 4.79 Å². The summed E-state index contributed by atoms with van der Waals surface area (Å²) < 4.78 is 0. The van der Waals surface area contributed by atoms with Gasteiger partial charge >= 0.3 is 6.03 Å². The van der Waals surface area contributed by atoms with E-state index in [0.29, 0.717) is 18.1 Å². The van der Waals surface area contributed by atoms with Crippen LogP contribution < -0.4 is 10.6 Å². The number of hydrogen-bond acceptors (Lipinski definition) is 2. The Bertz CT molecular complexity index is 570. The van der Waals surface area contributed by atoms with E-state index in [-0.39, 0.29) is 11.4 Å². The Morgan fingerprint density at radius 3 is 2.46 bits per heavy atom. The minimum absolute atomic E-state index is 0.0184. The lowest BCUT2D eigenvalue weighted by molar-refractivity contribution is 0.0509. The molecule has 130 valence electrons. The van der Waals surface area contributed by atoms with Gasteiger partial charge in [-0.2, -0.15) is 0 Å². The minimum Gasteiger partial charge on any atom is -0.337 e. The number of carbonyl (C=O) groups is 1. The highest BCUT2D eigenvalue weighted by molar-refractivity contribution is 5.74. The Labute approximate surface area is 145 Å². The Morgan fingerprint density at radius 1 is 1.17 bits per heavy atom. The Balaban J connectivity index is 1.29. The van der Waals surface area contributed by atoms with Crippen LogP contribution in [0.1, 0.15) is 50.5 Å². The molecule has 4 rings (SSSR count). The molecular formula is C20H29N3O. The van der Waals surface area contributed by atoms with Crippen molar-refractivity contribution in [3.63, 3.8) is 0 Å². The van der Waals surface area contributed by atoms with Crippen LogP contribution >= 0.6 is 0 Å². The maximum atomic E-state index is 12.4. The van der Waals surface area contributed by atoms with E-state index in [1.165, 1.54) is 37.7 Å². The maximum Gasteiger partial charge on any atom is 0.315 e. The fourth-order valence-electron chi connectivity index (χ4n) is 4.73. The summed E-state index contributed by atoms with van der Waals surface area (Å²) in [4.78, 5) is 14.9. The van der Waals surface area contributed by atoms with Gasteiger partial charge in [0, 0.05) is 30.1 Å². The normalized spacial score (nSPS) is 31.3. The second-order valence-electron chi connectivity index (χ2n) is 8.05. The zero-order valence-electron chi connectivity index (χ0n) is 14.6. The van der Waals surface area contributed by atoms with Crippen molar-refractivity contribution in [2.45, 2.75) is 68.5 Å². The number of urea groups is 1. The highest BCUT2D eigenvalue weighted by Gasteiger charge is 2.44. The van der Waals surface area contributed by atoms with Gasteiger partial charge in [0.15, 0.2) is 0 Å². The van der Waals surface area contributed by atoms with Crippen LogP contribution in [0.2, 0.25) is 0 Å². The third-order valence-electron chi connectivity index (χ3n) is 6.50. The highest BCUT2D eigenvalue weighted by Crippen LogP contribution is 2.47. The molecule has 2 heterocycles. The summed E-state index contributed by atoms with van der Waals surface area (Å²) in [5.41, 5.74) is 1.54. The van der Waals surface area contributed by atoms with Crippen LogP contribution in [0, 0.1) is 0 Å². The fraction of sp³-hybridized carbons (Fsp3) is 0.650. The molecule has 0 spiro atoms. The second-order valence-corrected chi connectivity index (χ2v) is 8.05. The first kappa shape index (κ1) is 15.9. The molecule has 2 aliphatic heterocycles. The summed E-state index contributed by atoms with van der Waals surface area (Å²) >= 11 is 0. The molecule has 4 heteroatoms. The number of piperidine rings is 2. The summed E-state index contributed by atoms with van der Waals surface area (Å²) in [5, 5.41) is 6.39. The van der Waals surface area contributed by atoms with Gasteiger partial charge in [-0.15, -0.1) is 0 Å². The van der Waals surface area contributed by atoms with E-state index in [1.54, 1.807) is 0 Å². The Morgan fingerprint density at radius 2 is 1.83 bits per heavy atom. The van der Waals surface area contributed by atoms with Crippen molar-refractivity contribution in [3.05, 3.63) is 35.9 Å². The van der Waals surface area contributed by atoms with Crippen molar-refractivity contribution in [2.75, 3.05) is 13.6 Å². The Kier molecular flexibility index (Phi) is 4.25. The van der Waals surface area contributed by atoms with Crippen molar-refractivity contribution >= 4 is 6.03 Å². The van der Waals surface area contributed by atoms with E-state index in [1.807, 2.05) is 0 Å². The average molecular weight is 327 g/mol. The molecule has 2 bridgehead atoms. The van der Waals surface area contributed by atoms with Gasteiger partial charge < -0.3 is 15.5 Å². The van der Waals surface area contributed by atoms with Crippen molar-refractivity contribution in [1.29, 1.82) is 0 Å². The molecule has 1 aliphatic carbocycles. The fourth-order valence-corrected chi connectivity index (χ4v) is 4.73. The van der Waals surface area contributed by atoms with Crippen LogP contribution in [0.4, 0.5) is 4.79 Å². The molecule has 2 N–H and O–H groups in total. The number of benzene rings is 1. The van der Waals surface area contributed by atoms with Crippen LogP contribution in [0.5, 0.6) is 0 Å². The third kappa shape index (κ3) is 3.16. The molecule has 2 unspecified atom stereocenters. The topological polar surface area (TPSA) is 44.4 Å². The van der Waals surface area contributed by atoms with Gasteiger partial charge in [0.05, 0.1) is 0 Å². The van der Waals surface area contributed by atoms with E-state index in [0.717, 1.165) is 19.4 Å². The molecule has 2 saturated heterocycles. The van der Waals surface area contributed by atoms with Gasteiger partial charge in [-0.25, -0.2) is 4.79 Å². The third-order valence-corrected chi connectivity index (χ3v) is 6.50. The maximum absolute atomic E-state index is 12.4. The molecule has 1 aromatic carbocycles. The molecule has 1 aromatic rings. The summed E-state index contributed by atoms with van der Waals surface area (Å²) in [5.74, 6) is 0. The summed E-state index contributed by atoms with van der Waals surface area (Å²) in [7, 11) is 2.25. The zero-order chi connectivity index (χ0) is 16.6. The number of carbonyl (C=O) groups excluding carboxylic acids is 1. The number of amides is 2. The van der Waals surface area contributed by atoms with E-state index < -0.39 is 0 Å². The minimum atomic E-state index is 0.0184. The number of rotatable bonds is 4. The van der Waals surface area contributed by atoms with Crippen LogP contribution in [0.15, 0.2) is 30.3 Å². The van der Waals surface area contributed by atoms with Gasteiger partial charge in [-0.1, -0.05) is 36.8 Å². The van der Waals surface area contributed by atoms with Gasteiger partial charge in [0.25, 0.3) is 0 Å². The van der Waals surface area contributed by atoms with E-state index in [9.17, 15) is 4.79 Å². The summed E-state index contributed by atoms with van der Waals surface area (Å²) in [6, 6.07) is 12.3. The zero-order valence-corrected chi connectivity index (χ0v) is 14.6. The molecule has 2 atom stereocenters. The molecule has 4 nitrogen and oxygen atoms in total. The van der Waals surface area contributed by atoms with Crippen LogP contribution in [-0.4, -0.2) is 42.6 Å². The van der Waals surface area contributed by atoms with Crippen LogP contribution in [-0.2, 0) is 5.41 Å². The molecule has 3 aliphatic rings. The number of nitrogens with zero attached hydrogens (tertiary/aromatic N) is 1. The van der Waals surface area contributed by atoms with Crippen molar-refractivity contribution in [3.8, 4) is 0 Å². The summed E-state index contributed by atoms with van der Waals surface area (Å²) in [6.45, 7) is 0.752. The van der Waals surface area contributed by atoms with Crippen molar-refractivity contribution in [1.82, 2.24) is 15.5 Å². The predicted octanol–water partition coefficient (Wildman–Crippen LogP) is 3.03. The molecule has 1 saturated carbocycles. The van der Waals surface area contributed by atoms with Crippen molar-refractivity contribution in [2.24, 2.45) is 0 Å². The molecular weight excluding hydrogens is 298 g/mol. The predicted molar refractivity (Wildman–Crippen MR) is 96.1 cm³/mol. The monoisotopic (exact) mass is 327 g/mol. The number of fused-ring (bicyclic) bond motifs is 2. The molecule has 0 aromatic heterocycles. The van der Waals surface area contributed by atoms with Gasteiger partial charge in [-0.05, 0) is 51.1 Å². The van der Waals surface area contributed by atoms with Gasteiger partial charge in [0.2, 0.25) is 0 Å². The van der Waals surface area contributed by atoms with Crippen LogP contribution in [0.3, 0.4) is 0 Å². The van der Waals surface area contributed by atoms with E-state index >= 15 is 0 Å². The molecule has 0 radical (unpaired) electrons. The first-order chi connectivity index (χ1) is 11.7. The lowest BCUT2D eigenvalue weighted by Crippen LogP contribution is -2.56. The van der Waals surface area contributed by atoms with Crippen LogP contribution in [0.25, 0.3) is 0 Å². The first-order valence-corrected chi connectivity index (χ1v) is 9.48. The highest BCUT2D eigenvalue weighted by atomic mass is 16.2. The second kappa shape index (κ2) is 6.40. The lowest BCUT2D eigenvalue weighted by Gasteiger charge is -2.47. The van der Waals surface area contributed by atoms with E-state index in [4.69, 9.17) is 0 Å². The summed E-state index contributed by atoms with van der Waals surface area (Å²) in [6.07, 6.45) is 8.46. The molecule has 24 heavy (non-hydrogen) atoms. The SMILES string of the molecule is CN1C2CCCC1CC(NC(=O)NCC1(c3ccccc3)CC1)C2. The van der Waals surface area contributed by atoms with Gasteiger partial charge in [0.1, 0.15) is 0 Å². The first-order valence-electron chi connectivity index (χ1n) is 9.48. The van der Waals surface area contributed by atoms with E-state index in [2.05, 4.69) is 52.9 Å².